The summed E-state index contributed by atoms with van der Waals surface area (Å²) in [5.74, 6) is 0.000789. The van der Waals surface area contributed by atoms with Crippen LogP contribution in [-0.2, 0) is 6.54 Å². The molecule has 140 valence electrons. The number of rotatable bonds is 5. The van der Waals surface area contributed by atoms with Gasteiger partial charge in [-0.1, -0.05) is 6.07 Å². The lowest BCUT2D eigenvalue weighted by molar-refractivity contribution is 0.0967. The Hall–Kier alpha value is -2.44. The van der Waals surface area contributed by atoms with E-state index in [0.29, 0.717) is 6.04 Å². The predicted molar refractivity (Wildman–Crippen MR) is 108 cm³/mol. The molecule has 0 saturated carbocycles. The van der Waals surface area contributed by atoms with Crippen LogP contribution in [0.3, 0.4) is 0 Å². The normalized spacial score (nSPS) is 17.3. The minimum Gasteiger partial charge on any atom is -0.354 e. The fourth-order valence-electron chi connectivity index (χ4n) is 3.76. The topological polar surface area (TPSA) is 50.2 Å². The fraction of sp³-hybridized carbons (Fsp3) is 0.333. The highest BCUT2D eigenvalue weighted by Crippen LogP contribution is 2.37. The van der Waals surface area contributed by atoms with Crippen LogP contribution in [0, 0.1) is 6.92 Å². The van der Waals surface area contributed by atoms with Gasteiger partial charge in [0.05, 0.1) is 10.6 Å². The van der Waals surface area contributed by atoms with Crippen molar-refractivity contribution >= 4 is 17.2 Å². The number of hydrogen-bond acceptors (Lipinski definition) is 4. The van der Waals surface area contributed by atoms with Crippen LogP contribution in [0.25, 0.3) is 5.69 Å². The van der Waals surface area contributed by atoms with Crippen LogP contribution >= 0.6 is 11.3 Å². The van der Waals surface area contributed by atoms with Crippen molar-refractivity contribution in [3.8, 4) is 5.69 Å². The molecule has 4 rings (SSSR count). The molecule has 3 aromatic rings. The van der Waals surface area contributed by atoms with Crippen LogP contribution < -0.4 is 5.32 Å². The van der Waals surface area contributed by atoms with E-state index in [4.69, 9.17) is 0 Å². The fourth-order valence-corrected chi connectivity index (χ4v) is 4.88. The Morgan fingerprint density at radius 1 is 1.33 bits per heavy atom. The summed E-state index contributed by atoms with van der Waals surface area (Å²) in [5, 5.41) is 7.02. The summed E-state index contributed by atoms with van der Waals surface area (Å²) in [6, 6.07) is 12.9. The zero-order valence-corrected chi connectivity index (χ0v) is 16.5. The van der Waals surface area contributed by atoms with Crippen LogP contribution in [-0.4, -0.2) is 34.2 Å². The lowest BCUT2D eigenvalue weighted by Gasteiger charge is -2.24. The van der Waals surface area contributed by atoms with Gasteiger partial charge in [0.25, 0.3) is 5.91 Å². The monoisotopic (exact) mass is 380 g/mol. The van der Waals surface area contributed by atoms with Crippen LogP contribution in [0.15, 0.2) is 48.8 Å². The van der Waals surface area contributed by atoms with Gasteiger partial charge in [0.2, 0.25) is 0 Å². The molecule has 1 amide bonds. The average Bonchev–Trinajstić information content (AvgIpc) is 3.43. The van der Waals surface area contributed by atoms with Crippen molar-refractivity contribution in [3.05, 3.63) is 69.7 Å². The highest BCUT2D eigenvalue weighted by atomic mass is 32.1. The van der Waals surface area contributed by atoms with Gasteiger partial charge in [0.1, 0.15) is 0 Å². The van der Waals surface area contributed by atoms with Crippen molar-refractivity contribution in [1.82, 2.24) is 20.0 Å². The van der Waals surface area contributed by atoms with Gasteiger partial charge in [0.15, 0.2) is 0 Å². The van der Waals surface area contributed by atoms with E-state index < -0.39 is 0 Å². The largest absolute Gasteiger partial charge is 0.354 e. The number of hydrogen-bond donors (Lipinski definition) is 1. The second kappa shape index (κ2) is 7.66. The SMILES string of the molecule is CNC(=O)c1ccc([C@H]2CCCN2Cc2ccc(-n3cccn3)cc2C)s1. The van der Waals surface area contributed by atoms with Crippen LogP contribution in [0.2, 0.25) is 0 Å². The van der Waals surface area contributed by atoms with E-state index in [1.165, 1.54) is 22.4 Å². The third-order valence-corrected chi connectivity index (χ3v) is 6.42. The van der Waals surface area contributed by atoms with Gasteiger partial charge in [-0.3, -0.25) is 9.69 Å². The molecule has 1 N–H and O–H groups in total. The van der Waals surface area contributed by atoms with Gasteiger partial charge in [-0.15, -0.1) is 11.3 Å². The van der Waals surface area contributed by atoms with Gasteiger partial charge in [-0.05, 0) is 67.8 Å². The van der Waals surface area contributed by atoms with Crippen molar-refractivity contribution in [2.45, 2.75) is 32.4 Å². The van der Waals surface area contributed by atoms with Crippen molar-refractivity contribution in [2.75, 3.05) is 13.6 Å². The summed E-state index contributed by atoms with van der Waals surface area (Å²) in [6.45, 7) is 4.20. The molecular formula is C21H24N4OS. The zero-order chi connectivity index (χ0) is 18.8. The second-order valence-corrected chi connectivity index (χ2v) is 8.09. The highest BCUT2D eigenvalue weighted by Gasteiger charge is 2.28. The van der Waals surface area contributed by atoms with Gasteiger partial charge in [0, 0.05) is 36.9 Å². The third-order valence-electron chi connectivity index (χ3n) is 5.24. The first kappa shape index (κ1) is 17.9. The molecule has 1 saturated heterocycles. The number of carbonyl (C=O) groups excluding carboxylic acids is 1. The molecule has 1 fully saturated rings. The Morgan fingerprint density at radius 3 is 2.96 bits per heavy atom. The number of carbonyl (C=O) groups is 1. The number of benzene rings is 1. The van der Waals surface area contributed by atoms with Crippen LogP contribution in [0.1, 0.15) is 44.6 Å². The van der Waals surface area contributed by atoms with Gasteiger partial charge in [-0.25, -0.2) is 4.68 Å². The average molecular weight is 381 g/mol. The smallest absolute Gasteiger partial charge is 0.261 e. The van der Waals surface area contributed by atoms with Gasteiger partial charge < -0.3 is 5.32 Å². The summed E-state index contributed by atoms with van der Waals surface area (Å²) in [4.78, 5) is 16.5. The molecule has 27 heavy (non-hydrogen) atoms. The summed E-state index contributed by atoms with van der Waals surface area (Å²) < 4.78 is 1.89. The summed E-state index contributed by atoms with van der Waals surface area (Å²) >= 11 is 1.62. The minimum absolute atomic E-state index is 0.000789. The molecule has 1 aliphatic rings. The molecule has 1 aliphatic heterocycles. The highest BCUT2D eigenvalue weighted by molar-refractivity contribution is 7.14. The van der Waals surface area contributed by atoms with Crippen molar-refractivity contribution < 1.29 is 4.79 Å². The van der Waals surface area contributed by atoms with Crippen LogP contribution in [0.4, 0.5) is 0 Å². The van der Waals surface area contributed by atoms with E-state index in [2.05, 4.69) is 46.5 Å². The van der Waals surface area contributed by atoms with E-state index in [1.54, 1.807) is 24.6 Å². The molecular weight excluding hydrogens is 356 g/mol. The molecule has 0 radical (unpaired) electrons. The molecule has 3 heterocycles. The molecule has 5 nitrogen and oxygen atoms in total. The van der Waals surface area contributed by atoms with Crippen molar-refractivity contribution in [2.24, 2.45) is 0 Å². The Balaban J connectivity index is 1.51. The van der Waals surface area contributed by atoms with Crippen molar-refractivity contribution in [3.63, 3.8) is 0 Å². The first-order chi connectivity index (χ1) is 13.2. The maximum Gasteiger partial charge on any atom is 0.261 e. The molecule has 0 unspecified atom stereocenters. The molecule has 2 aromatic heterocycles. The molecule has 6 heteroatoms. The van der Waals surface area contributed by atoms with E-state index in [9.17, 15) is 4.79 Å². The number of likely N-dealkylation sites (tertiary alicyclic amines) is 1. The molecule has 0 aliphatic carbocycles. The summed E-state index contributed by atoms with van der Waals surface area (Å²) in [6.07, 6.45) is 6.11. The standard InChI is InChI=1S/C21H24N4OS/c1-15-13-17(25-12-4-10-23-25)7-6-16(15)14-24-11-3-5-18(24)19-8-9-20(27-19)21(26)22-2/h4,6-10,12-13,18H,3,5,11,14H2,1-2H3,(H,22,26)/t18-/m1/s1. The predicted octanol–water partition coefficient (Wildman–Crippen LogP) is 3.94. The number of aryl methyl sites for hydroxylation is 1. The van der Waals surface area contributed by atoms with Crippen molar-refractivity contribution in [1.29, 1.82) is 0 Å². The number of nitrogens with one attached hydrogen (secondary N) is 1. The Bertz CT molecular complexity index is 932. The maximum atomic E-state index is 11.9. The molecule has 0 spiro atoms. The second-order valence-electron chi connectivity index (χ2n) is 6.97. The number of nitrogens with zero attached hydrogens (tertiary/aromatic N) is 3. The Labute approximate surface area is 163 Å². The first-order valence-corrected chi connectivity index (χ1v) is 10.1. The maximum absolute atomic E-state index is 11.9. The number of aromatic nitrogens is 2. The van der Waals surface area contributed by atoms with E-state index >= 15 is 0 Å². The molecule has 1 aromatic carbocycles. The Morgan fingerprint density at radius 2 is 2.22 bits per heavy atom. The van der Waals surface area contributed by atoms with E-state index in [0.717, 1.165) is 30.1 Å². The first-order valence-electron chi connectivity index (χ1n) is 9.31. The van der Waals surface area contributed by atoms with Gasteiger partial charge >= 0.3 is 0 Å². The van der Waals surface area contributed by atoms with E-state index in [1.807, 2.05) is 23.0 Å². The summed E-state index contributed by atoms with van der Waals surface area (Å²) in [5.41, 5.74) is 3.72. The lowest BCUT2D eigenvalue weighted by Crippen LogP contribution is -2.22. The molecule has 0 bridgehead atoms. The lowest BCUT2D eigenvalue weighted by atomic mass is 10.1. The van der Waals surface area contributed by atoms with E-state index in [-0.39, 0.29) is 5.91 Å². The summed E-state index contributed by atoms with van der Waals surface area (Å²) in [7, 11) is 1.68. The van der Waals surface area contributed by atoms with Crippen LogP contribution in [0.5, 0.6) is 0 Å². The quantitative estimate of drug-likeness (QED) is 0.729. The zero-order valence-electron chi connectivity index (χ0n) is 15.7. The Kier molecular flexibility index (Phi) is 5.09. The minimum atomic E-state index is 0.000789. The third kappa shape index (κ3) is 3.68. The number of thiophene rings is 1. The number of amides is 1. The molecule has 1 atom stereocenters. The van der Waals surface area contributed by atoms with Gasteiger partial charge in [-0.2, -0.15) is 5.10 Å².